The number of benzene rings is 1. The van der Waals surface area contributed by atoms with Crippen molar-refractivity contribution in [2.75, 3.05) is 46.0 Å². The van der Waals surface area contributed by atoms with Crippen molar-refractivity contribution < 1.29 is 14.2 Å². The topological polar surface area (TPSA) is 57.0 Å². The van der Waals surface area contributed by atoms with Crippen molar-refractivity contribution in [2.45, 2.75) is 13.0 Å². The zero-order valence-corrected chi connectivity index (χ0v) is 13.3. The van der Waals surface area contributed by atoms with Crippen molar-refractivity contribution in [3.63, 3.8) is 0 Å². The summed E-state index contributed by atoms with van der Waals surface area (Å²) in [5.41, 5.74) is 5.63. The molecule has 21 heavy (non-hydrogen) atoms. The summed E-state index contributed by atoms with van der Waals surface area (Å²) < 4.78 is 16.7. The van der Waals surface area contributed by atoms with Crippen molar-refractivity contribution >= 4 is 12.4 Å². The van der Waals surface area contributed by atoms with Crippen LogP contribution in [0.4, 0.5) is 0 Å². The first-order chi connectivity index (χ1) is 9.81. The van der Waals surface area contributed by atoms with Crippen LogP contribution in [0, 0.1) is 0 Å². The normalized spacial score (nSPS) is 18.9. The quantitative estimate of drug-likeness (QED) is 0.827. The molecule has 0 aliphatic carbocycles. The van der Waals surface area contributed by atoms with Crippen LogP contribution in [-0.4, -0.2) is 57.0 Å². The van der Waals surface area contributed by atoms with Gasteiger partial charge in [-0.05, 0) is 31.2 Å². The molecular weight excluding hydrogens is 292 g/mol. The maximum absolute atomic E-state index is 5.74. The average molecular weight is 317 g/mol. The summed E-state index contributed by atoms with van der Waals surface area (Å²) in [5, 5.41) is 0. The molecule has 1 aliphatic heterocycles. The van der Waals surface area contributed by atoms with Gasteiger partial charge in [-0.1, -0.05) is 0 Å². The first kappa shape index (κ1) is 18.0. The van der Waals surface area contributed by atoms with Gasteiger partial charge in [0.1, 0.15) is 18.1 Å². The molecule has 0 radical (unpaired) electrons. The van der Waals surface area contributed by atoms with E-state index in [4.69, 9.17) is 19.9 Å². The first-order valence-electron chi connectivity index (χ1n) is 7.21. The fraction of sp³-hybridized carbons (Fsp3) is 0.600. The maximum atomic E-state index is 5.74. The van der Waals surface area contributed by atoms with Crippen LogP contribution < -0.4 is 15.2 Å². The SMILES string of the molecule is CCOc1ccc(OCCN2CCOC(CN)C2)cc1.Cl. The Morgan fingerprint density at radius 2 is 1.90 bits per heavy atom. The molecule has 2 rings (SSSR count). The van der Waals surface area contributed by atoms with Crippen molar-refractivity contribution in [3.05, 3.63) is 24.3 Å². The zero-order valence-electron chi connectivity index (χ0n) is 12.5. The molecule has 0 aromatic heterocycles. The minimum Gasteiger partial charge on any atom is -0.494 e. The Morgan fingerprint density at radius 3 is 2.52 bits per heavy atom. The largest absolute Gasteiger partial charge is 0.494 e. The molecule has 0 saturated carbocycles. The summed E-state index contributed by atoms with van der Waals surface area (Å²) in [5.74, 6) is 1.75. The molecular formula is C15H25ClN2O3. The second-order valence-corrected chi connectivity index (χ2v) is 4.78. The lowest BCUT2D eigenvalue weighted by atomic mass is 10.3. The Bertz CT molecular complexity index is 389. The number of nitrogens with zero attached hydrogens (tertiary/aromatic N) is 1. The summed E-state index contributed by atoms with van der Waals surface area (Å²) in [6.07, 6.45) is 0.161. The molecule has 1 aromatic rings. The number of hydrogen-bond acceptors (Lipinski definition) is 5. The van der Waals surface area contributed by atoms with E-state index in [2.05, 4.69) is 4.90 Å². The Morgan fingerprint density at radius 1 is 1.24 bits per heavy atom. The van der Waals surface area contributed by atoms with Gasteiger partial charge in [0, 0.05) is 26.2 Å². The molecule has 2 N–H and O–H groups in total. The second kappa shape index (κ2) is 9.84. The van der Waals surface area contributed by atoms with Crippen LogP contribution in [0.5, 0.6) is 11.5 Å². The molecule has 1 aromatic carbocycles. The highest BCUT2D eigenvalue weighted by Crippen LogP contribution is 2.17. The van der Waals surface area contributed by atoms with E-state index in [0.29, 0.717) is 19.8 Å². The predicted molar refractivity (Wildman–Crippen MR) is 85.6 cm³/mol. The Hall–Kier alpha value is -1.01. The van der Waals surface area contributed by atoms with E-state index in [1.807, 2.05) is 31.2 Å². The van der Waals surface area contributed by atoms with E-state index < -0.39 is 0 Å². The number of hydrogen-bond donors (Lipinski definition) is 1. The highest BCUT2D eigenvalue weighted by atomic mass is 35.5. The molecule has 1 unspecified atom stereocenters. The van der Waals surface area contributed by atoms with E-state index in [0.717, 1.165) is 37.7 Å². The fourth-order valence-corrected chi connectivity index (χ4v) is 2.22. The van der Waals surface area contributed by atoms with Crippen LogP contribution in [0.15, 0.2) is 24.3 Å². The van der Waals surface area contributed by atoms with Crippen LogP contribution in [0.25, 0.3) is 0 Å². The van der Waals surface area contributed by atoms with Crippen LogP contribution >= 0.6 is 12.4 Å². The third kappa shape index (κ3) is 6.09. The van der Waals surface area contributed by atoms with Crippen LogP contribution in [0.1, 0.15) is 6.92 Å². The molecule has 0 amide bonds. The minimum atomic E-state index is 0. The average Bonchev–Trinajstić information content (AvgIpc) is 2.50. The monoisotopic (exact) mass is 316 g/mol. The molecule has 120 valence electrons. The first-order valence-corrected chi connectivity index (χ1v) is 7.21. The molecule has 1 fully saturated rings. The van der Waals surface area contributed by atoms with Crippen molar-refractivity contribution in [1.82, 2.24) is 4.90 Å². The van der Waals surface area contributed by atoms with Crippen molar-refractivity contribution in [1.29, 1.82) is 0 Å². The molecule has 1 heterocycles. The van der Waals surface area contributed by atoms with E-state index >= 15 is 0 Å². The van der Waals surface area contributed by atoms with E-state index in [1.165, 1.54) is 0 Å². The molecule has 0 spiro atoms. The van der Waals surface area contributed by atoms with Crippen molar-refractivity contribution in [3.8, 4) is 11.5 Å². The summed E-state index contributed by atoms with van der Waals surface area (Å²) in [7, 11) is 0. The standard InChI is InChI=1S/C15H24N2O3.ClH/c1-2-18-13-3-5-14(6-4-13)19-9-7-17-8-10-20-15(11-16)12-17;/h3-6,15H,2,7-12,16H2,1H3;1H. The summed E-state index contributed by atoms with van der Waals surface area (Å²) in [6.45, 7) is 7.40. The Kier molecular flexibility index (Phi) is 8.45. The lowest BCUT2D eigenvalue weighted by Gasteiger charge is -2.32. The number of morpholine rings is 1. The minimum absolute atomic E-state index is 0. The lowest BCUT2D eigenvalue weighted by Crippen LogP contribution is -2.46. The van der Waals surface area contributed by atoms with Crippen LogP contribution in [0.2, 0.25) is 0 Å². The predicted octanol–water partition coefficient (Wildman–Crippen LogP) is 1.55. The number of ether oxygens (including phenoxy) is 3. The number of rotatable bonds is 7. The van der Waals surface area contributed by atoms with Gasteiger partial charge in [0.15, 0.2) is 0 Å². The molecule has 5 nitrogen and oxygen atoms in total. The number of nitrogens with two attached hydrogens (primary N) is 1. The molecule has 0 bridgehead atoms. The summed E-state index contributed by atoms with van der Waals surface area (Å²) in [4.78, 5) is 2.33. The Labute approximate surface area is 132 Å². The zero-order chi connectivity index (χ0) is 14.2. The van der Waals surface area contributed by atoms with Gasteiger partial charge < -0.3 is 19.9 Å². The maximum Gasteiger partial charge on any atom is 0.119 e. The van der Waals surface area contributed by atoms with Gasteiger partial charge in [-0.3, -0.25) is 4.90 Å². The van der Waals surface area contributed by atoms with Gasteiger partial charge >= 0.3 is 0 Å². The van der Waals surface area contributed by atoms with Crippen molar-refractivity contribution in [2.24, 2.45) is 5.73 Å². The smallest absolute Gasteiger partial charge is 0.119 e. The van der Waals surface area contributed by atoms with E-state index in [1.54, 1.807) is 0 Å². The van der Waals surface area contributed by atoms with Crippen LogP contribution in [0.3, 0.4) is 0 Å². The van der Waals surface area contributed by atoms with Gasteiger partial charge in [-0.2, -0.15) is 0 Å². The van der Waals surface area contributed by atoms with Gasteiger partial charge in [0.05, 0.1) is 19.3 Å². The molecule has 1 saturated heterocycles. The van der Waals surface area contributed by atoms with Gasteiger partial charge in [0.25, 0.3) is 0 Å². The molecule has 6 heteroatoms. The van der Waals surface area contributed by atoms with E-state index in [-0.39, 0.29) is 18.5 Å². The van der Waals surface area contributed by atoms with Gasteiger partial charge in [-0.15, -0.1) is 12.4 Å². The molecule has 1 atom stereocenters. The Balaban J connectivity index is 0.00000220. The fourth-order valence-electron chi connectivity index (χ4n) is 2.22. The lowest BCUT2D eigenvalue weighted by molar-refractivity contribution is -0.0261. The van der Waals surface area contributed by atoms with Gasteiger partial charge in [-0.25, -0.2) is 0 Å². The van der Waals surface area contributed by atoms with Gasteiger partial charge in [0.2, 0.25) is 0 Å². The molecule has 1 aliphatic rings. The third-order valence-electron chi connectivity index (χ3n) is 3.30. The summed E-state index contributed by atoms with van der Waals surface area (Å²) in [6, 6.07) is 7.73. The second-order valence-electron chi connectivity index (χ2n) is 4.78. The number of halogens is 1. The highest BCUT2D eigenvalue weighted by molar-refractivity contribution is 5.85. The third-order valence-corrected chi connectivity index (χ3v) is 3.30. The summed E-state index contributed by atoms with van der Waals surface area (Å²) >= 11 is 0. The van der Waals surface area contributed by atoms with E-state index in [9.17, 15) is 0 Å². The highest BCUT2D eigenvalue weighted by Gasteiger charge is 2.18. The van der Waals surface area contributed by atoms with Crippen LogP contribution in [-0.2, 0) is 4.74 Å².